The molecule has 0 unspecified atom stereocenters. The van der Waals surface area contributed by atoms with Gasteiger partial charge in [-0.2, -0.15) is 0 Å². The molecule has 0 aromatic carbocycles. The van der Waals surface area contributed by atoms with Crippen molar-refractivity contribution in [2.45, 2.75) is 112 Å². The zero-order chi connectivity index (χ0) is 35.4. The fourth-order valence-corrected chi connectivity index (χ4v) is 8.65. The van der Waals surface area contributed by atoms with E-state index in [0.29, 0.717) is 0 Å². The van der Waals surface area contributed by atoms with Gasteiger partial charge in [0, 0.05) is 47.3 Å². The fourth-order valence-electron chi connectivity index (χ4n) is 8.65. The number of fused-ring (bicyclic) bond motifs is 2. The zero-order valence-electron chi connectivity index (χ0n) is 31.3. The highest BCUT2D eigenvalue weighted by atomic mass is 15.7. The van der Waals surface area contributed by atoms with Crippen molar-refractivity contribution in [2.24, 2.45) is 5.41 Å². The average Bonchev–Trinajstić information content (AvgIpc) is 3.62. The molecule has 0 radical (unpaired) electrons. The lowest BCUT2D eigenvalue weighted by molar-refractivity contribution is 0.255. The van der Waals surface area contributed by atoms with Gasteiger partial charge in [0.1, 0.15) is 22.7 Å². The number of hydrogen-bond donors (Lipinski definition) is 0. The van der Waals surface area contributed by atoms with Crippen LogP contribution in [0.3, 0.4) is 0 Å². The summed E-state index contributed by atoms with van der Waals surface area (Å²) < 4.78 is 4.78. The van der Waals surface area contributed by atoms with Crippen LogP contribution >= 0.6 is 0 Å². The second-order valence-corrected chi connectivity index (χ2v) is 16.3. The Morgan fingerprint density at radius 3 is 1.58 bits per heavy atom. The molecule has 0 spiro atoms. The quantitative estimate of drug-likeness (QED) is 0.150. The molecule has 0 bridgehead atoms. The number of aryl methyl sites for hydroxylation is 4. The number of rotatable bonds is 8. The first kappa shape index (κ1) is 33.8. The first-order chi connectivity index (χ1) is 23.8. The largest absolute Gasteiger partial charge is 0.282 e. The molecule has 260 valence electrons. The predicted octanol–water partition coefficient (Wildman–Crippen LogP) is 10.1. The Labute approximate surface area is 297 Å². The number of anilines is 2. The summed E-state index contributed by atoms with van der Waals surface area (Å²) in [7, 11) is 0. The molecule has 6 aromatic heterocycles. The first-order valence-electron chi connectivity index (χ1n) is 18.2. The Kier molecular flexibility index (Phi) is 8.69. The molecular weight excluding hydrogens is 617 g/mol. The topological polar surface area (TPSA) is 66.9 Å². The van der Waals surface area contributed by atoms with Crippen molar-refractivity contribution < 1.29 is 0 Å². The smallest absolute Gasteiger partial charge is 0.161 e. The van der Waals surface area contributed by atoms with Crippen molar-refractivity contribution in [1.29, 1.82) is 0 Å². The Balaban J connectivity index is 1.65. The summed E-state index contributed by atoms with van der Waals surface area (Å²) >= 11 is 0. The van der Waals surface area contributed by atoms with E-state index in [0.717, 1.165) is 76.1 Å². The third-order valence-corrected chi connectivity index (χ3v) is 10.0. The van der Waals surface area contributed by atoms with Gasteiger partial charge in [-0.1, -0.05) is 40.0 Å². The molecule has 1 saturated carbocycles. The second kappa shape index (κ2) is 12.9. The van der Waals surface area contributed by atoms with Crippen molar-refractivity contribution in [3.63, 3.8) is 0 Å². The van der Waals surface area contributed by atoms with E-state index >= 15 is 0 Å². The van der Waals surface area contributed by atoms with Gasteiger partial charge in [0.05, 0.1) is 11.6 Å². The maximum absolute atomic E-state index is 5.45. The molecule has 0 N–H and O–H groups in total. The van der Waals surface area contributed by atoms with Crippen LogP contribution in [0.5, 0.6) is 0 Å². The number of aromatic nitrogens is 6. The van der Waals surface area contributed by atoms with Crippen LogP contribution in [0.2, 0.25) is 0 Å². The van der Waals surface area contributed by atoms with Gasteiger partial charge in [-0.15, -0.1) is 0 Å². The molecule has 6 aromatic rings. The van der Waals surface area contributed by atoms with Gasteiger partial charge in [0.15, 0.2) is 11.6 Å². The van der Waals surface area contributed by atoms with Gasteiger partial charge < -0.3 is 0 Å². The third-order valence-electron chi connectivity index (χ3n) is 10.0. The normalized spacial score (nSPS) is 14.5. The van der Waals surface area contributed by atoms with Gasteiger partial charge in [0.25, 0.3) is 0 Å². The minimum atomic E-state index is -0.358. The standard InChI is InChI=1S/C42H52N8/c1-28-23-30(3)47-35(25-28)45-37(32-15-19-43-20-16-32)39(47)49(34-13-11-10-12-14-34)50(42(8,9)27-41(5,6)7)40-38(33-17-21-44-22-18-33)46-36-26-29(2)24-31(4)48(36)40/h15-26,34H,10-14,27H2,1-9H3. The zero-order valence-corrected chi connectivity index (χ0v) is 31.3. The number of hydrazine groups is 1. The minimum Gasteiger partial charge on any atom is -0.282 e. The number of nitrogens with zero attached hydrogens (tertiary/aromatic N) is 8. The SMILES string of the molecule is Cc1cc(C)n2c(N(C3CCCCC3)N(c3c(-c4ccncc4)nc4cc(C)cc(C)n34)C(C)(C)CC(C)(C)C)c(-c3ccncc3)nc2c1. The van der Waals surface area contributed by atoms with Crippen LogP contribution in [0.4, 0.5) is 11.6 Å². The van der Waals surface area contributed by atoms with E-state index in [4.69, 9.17) is 9.97 Å². The van der Waals surface area contributed by atoms with Crippen LogP contribution in [0.15, 0.2) is 73.3 Å². The summed E-state index contributed by atoms with van der Waals surface area (Å²) in [4.78, 5) is 19.7. The lowest BCUT2D eigenvalue weighted by Crippen LogP contribution is -2.61. The third kappa shape index (κ3) is 6.25. The average molecular weight is 669 g/mol. The van der Waals surface area contributed by atoms with E-state index in [1.807, 2.05) is 24.8 Å². The molecule has 7 rings (SSSR count). The molecule has 0 aliphatic heterocycles. The maximum Gasteiger partial charge on any atom is 0.161 e. The molecule has 8 heteroatoms. The van der Waals surface area contributed by atoms with Crippen LogP contribution in [0.1, 0.15) is 95.7 Å². The van der Waals surface area contributed by atoms with Crippen LogP contribution in [-0.2, 0) is 0 Å². The molecule has 1 fully saturated rings. The van der Waals surface area contributed by atoms with Crippen LogP contribution in [-0.4, -0.2) is 40.3 Å². The molecule has 1 aliphatic rings. The van der Waals surface area contributed by atoms with Gasteiger partial charge in [0.2, 0.25) is 0 Å². The van der Waals surface area contributed by atoms with Crippen LogP contribution < -0.4 is 10.0 Å². The van der Waals surface area contributed by atoms with Crippen molar-refractivity contribution in [3.05, 3.63) is 95.8 Å². The molecule has 50 heavy (non-hydrogen) atoms. The molecule has 6 heterocycles. The summed E-state index contributed by atoms with van der Waals surface area (Å²) in [6.07, 6.45) is 14.3. The predicted molar refractivity (Wildman–Crippen MR) is 206 cm³/mol. The summed E-state index contributed by atoms with van der Waals surface area (Å²) in [5.74, 6) is 2.17. The van der Waals surface area contributed by atoms with Crippen LogP contribution in [0.25, 0.3) is 33.8 Å². The summed E-state index contributed by atoms with van der Waals surface area (Å²) in [5.41, 5.74) is 10.3. The minimum absolute atomic E-state index is 0.0450. The fraction of sp³-hybridized carbons (Fsp3) is 0.429. The second-order valence-electron chi connectivity index (χ2n) is 16.3. The van der Waals surface area contributed by atoms with Gasteiger partial charge in [-0.3, -0.25) is 28.8 Å². The van der Waals surface area contributed by atoms with Crippen molar-refractivity contribution >= 4 is 22.9 Å². The van der Waals surface area contributed by atoms with E-state index in [1.165, 1.54) is 30.4 Å². The Morgan fingerprint density at radius 2 is 1.10 bits per heavy atom. The van der Waals surface area contributed by atoms with Crippen molar-refractivity contribution in [2.75, 3.05) is 10.0 Å². The van der Waals surface area contributed by atoms with E-state index in [1.54, 1.807) is 0 Å². The Morgan fingerprint density at radius 1 is 0.640 bits per heavy atom. The highest BCUT2D eigenvalue weighted by Gasteiger charge is 2.44. The molecule has 1 aliphatic carbocycles. The molecular formula is C42H52N8. The Hall–Kier alpha value is -4.72. The maximum atomic E-state index is 5.45. The van der Waals surface area contributed by atoms with Gasteiger partial charge >= 0.3 is 0 Å². The number of pyridine rings is 4. The van der Waals surface area contributed by atoms with Crippen molar-refractivity contribution in [3.8, 4) is 22.5 Å². The van der Waals surface area contributed by atoms with E-state index in [-0.39, 0.29) is 17.0 Å². The molecule has 0 atom stereocenters. The van der Waals surface area contributed by atoms with Gasteiger partial charge in [-0.25, -0.2) is 9.97 Å². The number of imidazole rings is 2. The molecule has 8 nitrogen and oxygen atoms in total. The van der Waals surface area contributed by atoms with Crippen molar-refractivity contribution in [1.82, 2.24) is 28.7 Å². The van der Waals surface area contributed by atoms with Crippen LogP contribution in [0, 0.1) is 33.1 Å². The lowest BCUT2D eigenvalue weighted by atomic mass is 9.81. The molecule has 0 saturated heterocycles. The van der Waals surface area contributed by atoms with E-state index in [9.17, 15) is 0 Å². The first-order valence-corrected chi connectivity index (χ1v) is 18.2. The number of hydrogen-bond acceptors (Lipinski definition) is 6. The monoisotopic (exact) mass is 668 g/mol. The highest BCUT2D eigenvalue weighted by Crippen LogP contribution is 2.46. The van der Waals surface area contributed by atoms with E-state index in [2.05, 4.69) is 140 Å². The highest BCUT2D eigenvalue weighted by molar-refractivity contribution is 5.84. The van der Waals surface area contributed by atoms with Gasteiger partial charge in [-0.05, 0) is 126 Å². The summed E-state index contributed by atoms with van der Waals surface area (Å²) in [6.45, 7) is 20.7. The molecule has 0 amide bonds. The Bertz CT molecular complexity index is 2130. The lowest BCUT2D eigenvalue weighted by Gasteiger charge is -2.53. The summed E-state index contributed by atoms with van der Waals surface area (Å²) in [6, 6.07) is 17.6. The summed E-state index contributed by atoms with van der Waals surface area (Å²) in [5, 5.41) is 5.30. The van der Waals surface area contributed by atoms with E-state index < -0.39 is 0 Å².